The van der Waals surface area contributed by atoms with Gasteiger partial charge in [0, 0.05) is 12.0 Å². The van der Waals surface area contributed by atoms with Crippen molar-refractivity contribution in [2.24, 2.45) is 5.92 Å². The SMILES string of the molecule is COC(=O)C1CCN(CC(=O)Nc2cc(C3CCCC3)nn2-c2ccccc2)CC1. The third-order valence-electron chi connectivity index (χ3n) is 6.26. The van der Waals surface area contributed by atoms with Crippen LogP contribution in [0.2, 0.25) is 0 Å². The molecule has 30 heavy (non-hydrogen) atoms. The minimum atomic E-state index is -0.148. The fourth-order valence-corrected chi connectivity index (χ4v) is 4.55. The van der Waals surface area contributed by atoms with Crippen molar-refractivity contribution in [3.8, 4) is 5.69 Å². The summed E-state index contributed by atoms with van der Waals surface area (Å²) in [4.78, 5) is 26.6. The highest BCUT2D eigenvalue weighted by atomic mass is 16.5. The third kappa shape index (κ3) is 4.73. The number of nitrogens with one attached hydrogen (secondary N) is 1. The number of esters is 1. The van der Waals surface area contributed by atoms with Crippen LogP contribution in [0.25, 0.3) is 5.69 Å². The average Bonchev–Trinajstić information content (AvgIpc) is 3.44. The van der Waals surface area contributed by atoms with Crippen molar-refractivity contribution in [2.45, 2.75) is 44.4 Å². The van der Waals surface area contributed by atoms with Gasteiger partial charge in [0.25, 0.3) is 0 Å². The lowest BCUT2D eigenvalue weighted by atomic mass is 9.97. The van der Waals surface area contributed by atoms with Gasteiger partial charge in [-0.25, -0.2) is 4.68 Å². The standard InChI is InChI=1S/C23H30N4O3/c1-30-23(29)18-11-13-26(14-12-18)16-22(28)24-21-15-20(17-7-5-6-8-17)25-27(21)19-9-3-2-4-10-19/h2-4,9-10,15,17-18H,5-8,11-14,16H2,1H3,(H,24,28). The summed E-state index contributed by atoms with van der Waals surface area (Å²) in [5.41, 5.74) is 2.00. The predicted octanol–water partition coefficient (Wildman–Crippen LogP) is 3.35. The van der Waals surface area contributed by atoms with Crippen LogP contribution in [-0.4, -0.2) is 53.3 Å². The average molecular weight is 411 g/mol. The lowest BCUT2D eigenvalue weighted by molar-refractivity contribution is -0.147. The molecule has 1 aliphatic carbocycles. The highest BCUT2D eigenvalue weighted by Gasteiger charge is 2.27. The van der Waals surface area contributed by atoms with Crippen LogP contribution in [-0.2, 0) is 14.3 Å². The van der Waals surface area contributed by atoms with Gasteiger partial charge in [-0.3, -0.25) is 14.5 Å². The van der Waals surface area contributed by atoms with E-state index in [4.69, 9.17) is 9.84 Å². The number of piperidine rings is 1. The van der Waals surface area contributed by atoms with E-state index in [-0.39, 0.29) is 17.8 Å². The molecule has 1 saturated heterocycles. The second-order valence-corrected chi connectivity index (χ2v) is 8.30. The quantitative estimate of drug-likeness (QED) is 0.739. The van der Waals surface area contributed by atoms with Crippen LogP contribution >= 0.6 is 0 Å². The van der Waals surface area contributed by atoms with Gasteiger partial charge in [0.15, 0.2) is 0 Å². The molecule has 1 aromatic heterocycles. The van der Waals surface area contributed by atoms with Crippen LogP contribution in [0.1, 0.15) is 50.1 Å². The summed E-state index contributed by atoms with van der Waals surface area (Å²) in [7, 11) is 1.43. The van der Waals surface area contributed by atoms with Gasteiger partial charge in [-0.1, -0.05) is 31.0 Å². The van der Waals surface area contributed by atoms with E-state index in [1.54, 1.807) is 0 Å². The maximum Gasteiger partial charge on any atom is 0.308 e. The van der Waals surface area contributed by atoms with Crippen molar-refractivity contribution in [2.75, 3.05) is 32.1 Å². The molecule has 1 aliphatic heterocycles. The first-order chi connectivity index (χ1) is 14.6. The summed E-state index contributed by atoms with van der Waals surface area (Å²) >= 11 is 0. The highest BCUT2D eigenvalue weighted by molar-refractivity contribution is 5.91. The molecule has 0 radical (unpaired) electrons. The van der Waals surface area contributed by atoms with Gasteiger partial charge in [-0.05, 0) is 50.9 Å². The van der Waals surface area contributed by atoms with Crippen LogP contribution in [0.15, 0.2) is 36.4 Å². The molecule has 2 fully saturated rings. The normalized spacial score (nSPS) is 18.4. The number of ether oxygens (including phenoxy) is 1. The van der Waals surface area contributed by atoms with Crippen LogP contribution in [0.3, 0.4) is 0 Å². The molecular weight excluding hydrogens is 380 g/mol. The number of methoxy groups -OCH3 is 1. The summed E-state index contributed by atoms with van der Waals surface area (Å²) in [6.07, 6.45) is 6.27. The van der Waals surface area contributed by atoms with Gasteiger partial charge >= 0.3 is 5.97 Å². The zero-order valence-electron chi connectivity index (χ0n) is 17.5. The molecule has 1 amide bonds. The Bertz CT molecular complexity index is 866. The largest absolute Gasteiger partial charge is 0.469 e. The number of hydrogen-bond acceptors (Lipinski definition) is 5. The van der Waals surface area contributed by atoms with Gasteiger partial charge in [-0.2, -0.15) is 5.10 Å². The van der Waals surface area contributed by atoms with Crippen LogP contribution in [0.4, 0.5) is 5.82 Å². The molecule has 2 aromatic rings. The number of carbonyl (C=O) groups is 2. The number of para-hydroxylation sites is 1. The van der Waals surface area contributed by atoms with E-state index in [1.807, 2.05) is 41.1 Å². The minimum Gasteiger partial charge on any atom is -0.469 e. The Labute approximate surface area is 177 Å². The molecule has 0 unspecified atom stereocenters. The summed E-state index contributed by atoms with van der Waals surface area (Å²) in [5.74, 6) is 0.940. The first-order valence-corrected chi connectivity index (χ1v) is 10.9. The predicted molar refractivity (Wildman–Crippen MR) is 115 cm³/mol. The van der Waals surface area contributed by atoms with Crippen molar-refractivity contribution in [1.29, 1.82) is 0 Å². The van der Waals surface area contributed by atoms with E-state index in [9.17, 15) is 9.59 Å². The van der Waals surface area contributed by atoms with E-state index in [1.165, 1.54) is 20.0 Å². The Morgan fingerprint density at radius 1 is 1.10 bits per heavy atom. The number of rotatable bonds is 6. The van der Waals surface area contributed by atoms with Crippen molar-refractivity contribution >= 4 is 17.7 Å². The zero-order chi connectivity index (χ0) is 20.9. The van der Waals surface area contributed by atoms with Crippen molar-refractivity contribution in [3.05, 3.63) is 42.1 Å². The first-order valence-electron chi connectivity index (χ1n) is 10.9. The highest BCUT2D eigenvalue weighted by Crippen LogP contribution is 2.35. The van der Waals surface area contributed by atoms with E-state index in [0.29, 0.717) is 12.5 Å². The molecule has 0 spiro atoms. The lowest BCUT2D eigenvalue weighted by Gasteiger charge is -2.29. The van der Waals surface area contributed by atoms with Crippen LogP contribution in [0, 0.1) is 5.92 Å². The van der Waals surface area contributed by atoms with Crippen LogP contribution in [0.5, 0.6) is 0 Å². The summed E-state index contributed by atoms with van der Waals surface area (Å²) in [6, 6.07) is 12.0. The molecule has 1 saturated carbocycles. The second-order valence-electron chi connectivity index (χ2n) is 8.30. The van der Waals surface area contributed by atoms with Gasteiger partial charge in [0.1, 0.15) is 5.82 Å². The van der Waals surface area contributed by atoms with E-state index in [0.717, 1.165) is 56.0 Å². The second kappa shape index (κ2) is 9.43. The van der Waals surface area contributed by atoms with E-state index >= 15 is 0 Å². The number of hydrogen-bond donors (Lipinski definition) is 1. The molecule has 0 bridgehead atoms. The number of carbonyl (C=O) groups excluding carboxylic acids is 2. The zero-order valence-corrected chi connectivity index (χ0v) is 17.5. The monoisotopic (exact) mass is 410 g/mol. The number of anilines is 1. The van der Waals surface area contributed by atoms with Gasteiger partial charge in [-0.15, -0.1) is 0 Å². The Kier molecular flexibility index (Phi) is 6.47. The number of nitrogens with zero attached hydrogens (tertiary/aromatic N) is 3. The molecule has 7 nitrogen and oxygen atoms in total. The number of amides is 1. The Hall–Kier alpha value is -2.67. The number of aromatic nitrogens is 2. The maximum atomic E-state index is 12.8. The summed E-state index contributed by atoms with van der Waals surface area (Å²) in [6.45, 7) is 1.75. The van der Waals surface area contributed by atoms with Gasteiger partial charge < -0.3 is 10.1 Å². The third-order valence-corrected chi connectivity index (χ3v) is 6.26. The fraction of sp³-hybridized carbons (Fsp3) is 0.522. The van der Waals surface area contributed by atoms with Crippen molar-refractivity contribution in [1.82, 2.24) is 14.7 Å². The Balaban J connectivity index is 1.43. The van der Waals surface area contributed by atoms with Gasteiger partial charge in [0.05, 0.1) is 31.0 Å². The molecular formula is C23H30N4O3. The van der Waals surface area contributed by atoms with E-state index < -0.39 is 0 Å². The van der Waals surface area contributed by atoms with Crippen molar-refractivity contribution in [3.63, 3.8) is 0 Å². The molecule has 1 N–H and O–H groups in total. The molecule has 2 heterocycles. The fourth-order valence-electron chi connectivity index (χ4n) is 4.55. The van der Waals surface area contributed by atoms with Crippen molar-refractivity contribution < 1.29 is 14.3 Å². The first kappa shape index (κ1) is 20.6. The minimum absolute atomic E-state index is 0.0530. The summed E-state index contributed by atoms with van der Waals surface area (Å²) in [5, 5.41) is 7.91. The smallest absolute Gasteiger partial charge is 0.308 e. The maximum absolute atomic E-state index is 12.8. The van der Waals surface area contributed by atoms with Crippen LogP contribution < -0.4 is 5.32 Å². The lowest BCUT2D eigenvalue weighted by Crippen LogP contribution is -2.41. The molecule has 0 atom stereocenters. The van der Waals surface area contributed by atoms with Gasteiger partial charge in [0.2, 0.25) is 5.91 Å². The molecule has 1 aromatic carbocycles. The topological polar surface area (TPSA) is 76.5 Å². The Morgan fingerprint density at radius 2 is 1.80 bits per heavy atom. The van der Waals surface area contributed by atoms with E-state index in [2.05, 4.69) is 10.2 Å². The molecule has 7 heteroatoms. The molecule has 160 valence electrons. The number of likely N-dealkylation sites (tertiary alicyclic amines) is 1. The Morgan fingerprint density at radius 3 is 2.47 bits per heavy atom. The summed E-state index contributed by atoms with van der Waals surface area (Å²) < 4.78 is 6.68. The molecule has 4 rings (SSSR count). The molecule has 2 aliphatic rings. The number of benzene rings is 1.